The van der Waals surface area contributed by atoms with Gasteiger partial charge in [-0.2, -0.15) is 0 Å². The minimum absolute atomic E-state index is 0.0933. The maximum atomic E-state index is 12.4. The number of urea groups is 1. The van der Waals surface area contributed by atoms with Gasteiger partial charge in [-0.15, -0.1) is 0 Å². The highest BCUT2D eigenvalue weighted by atomic mass is 16.4. The zero-order valence-corrected chi connectivity index (χ0v) is 12.6. The van der Waals surface area contributed by atoms with E-state index < -0.39 is 11.9 Å². The van der Waals surface area contributed by atoms with E-state index in [4.69, 9.17) is 5.11 Å². The molecule has 21 heavy (non-hydrogen) atoms. The maximum absolute atomic E-state index is 12.4. The first kappa shape index (κ1) is 15.4. The summed E-state index contributed by atoms with van der Waals surface area (Å²) < 4.78 is 0. The molecular weight excluding hydrogens is 268 g/mol. The van der Waals surface area contributed by atoms with Gasteiger partial charge >= 0.3 is 12.0 Å². The van der Waals surface area contributed by atoms with Crippen LogP contribution in [0.3, 0.4) is 0 Å². The predicted molar refractivity (Wildman–Crippen MR) is 80.0 cm³/mol. The molecule has 1 atom stereocenters. The van der Waals surface area contributed by atoms with E-state index in [2.05, 4.69) is 0 Å². The number of aliphatic carboxylic acids is 1. The molecule has 1 heterocycles. The Hall–Kier alpha value is -2.04. The van der Waals surface area contributed by atoms with Gasteiger partial charge in [0.15, 0.2) is 0 Å². The van der Waals surface area contributed by atoms with Crippen molar-refractivity contribution in [3.8, 4) is 0 Å². The number of hydrogen-bond donors (Lipinski definition) is 1. The van der Waals surface area contributed by atoms with Crippen LogP contribution in [-0.2, 0) is 11.3 Å². The smallest absolute Gasteiger partial charge is 0.320 e. The molecule has 2 amide bonds. The van der Waals surface area contributed by atoms with Crippen LogP contribution in [0.1, 0.15) is 24.0 Å². The lowest BCUT2D eigenvalue weighted by molar-refractivity contribution is -0.143. The Bertz CT molecular complexity index is 530. The normalized spacial score (nSPS) is 18.4. The number of piperidine rings is 1. The molecule has 0 unspecified atom stereocenters. The minimum atomic E-state index is -0.811. The van der Waals surface area contributed by atoms with Crippen molar-refractivity contribution in [2.75, 3.05) is 20.1 Å². The number of nitrogens with zero attached hydrogens (tertiary/aromatic N) is 2. The quantitative estimate of drug-likeness (QED) is 0.929. The van der Waals surface area contributed by atoms with Crippen molar-refractivity contribution in [3.63, 3.8) is 0 Å². The van der Waals surface area contributed by atoms with Gasteiger partial charge in [-0.3, -0.25) is 4.79 Å². The molecule has 0 aliphatic carbocycles. The van der Waals surface area contributed by atoms with Crippen molar-refractivity contribution < 1.29 is 14.7 Å². The average Bonchev–Trinajstić information content (AvgIpc) is 2.49. The number of carboxylic acids is 1. The van der Waals surface area contributed by atoms with E-state index in [1.165, 1.54) is 0 Å². The summed E-state index contributed by atoms with van der Waals surface area (Å²) in [7, 11) is 1.76. The van der Waals surface area contributed by atoms with Crippen LogP contribution in [0.4, 0.5) is 4.79 Å². The maximum Gasteiger partial charge on any atom is 0.320 e. The van der Waals surface area contributed by atoms with Gasteiger partial charge in [0.25, 0.3) is 0 Å². The Morgan fingerprint density at radius 1 is 1.38 bits per heavy atom. The topological polar surface area (TPSA) is 60.9 Å². The highest BCUT2D eigenvalue weighted by molar-refractivity contribution is 5.76. The molecule has 5 heteroatoms. The summed E-state index contributed by atoms with van der Waals surface area (Å²) in [5.41, 5.74) is 2.26. The lowest BCUT2D eigenvalue weighted by Gasteiger charge is -2.34. The molecule has 5 nitrogen and oxygen atoms in total. The lowest BCUT2D eigenvalue weighted by Crippen LogP contribution is -2.47. The number of carboxylic acid groups (broad SMARTS) is 1. The molecule has 1 fully saturated rings. The SMILES string of the molecule is Cc1ccccc1CN(C)C(=O)N1CCC[C@@H](C(=O)O)C1. The highest BCUT2D eigenvalue weighted by Crippen LogP contribution is 2.18. The van der Waals surface area contributed by atoms with Crippen LogP contribution in [0.15, 0.2) is 24.3 Å². The number of amides is 2. The van der Waals surface area contributed by atoms with E-state index >= 15 is 0 Å². The fraction of sp³-hybridized carbons (Fsp3) is 0.500. The average molecular weight is 290 g/mol. The molecule has 0 radical (unpaired) electrons. The van der Waals surface area contributed by atoms with Crippen LogP contribution in [0.25, 0.3) is 0 Å². The van der Waals surface area contributed by atoms with E-state index in [-0.39, 0.29) is 6.03 Å². The summed E-state index contributed by atoms with van der Waals surface area (Å²) in [6.45, 7) is 3.52. The summed E-state index contributed by atoms with van der Waals surface area (Å²) in [4.78, 5) is 26.8. The van der Waals surface area contributed by atoms with Crippen molar-refractivity contribution in [2.45, 2.75) is 26.3 Å². The molecule has 1 aromatic carbocycles. The van der Waals surface area contributed by atoms with Gasteiger partial charge in [0.2, 0.25) is 0 Å². The number of carbonyl (C=O) groups is 2. The molecule has 0 aromatic heterocycles. The molecule has 1 N–H and O–H groups in total. The Morgan fingerprint density at radius 2 is 2.10 bits per heavy atom. The second-order valence-corrected chi connectivity index (χ2v) is 5.69. The summed E-state index contributed by atoms with van der Waals surface area (Å²) in [5, 5.41) is 9.10. The largest absolute Gasteiger partial charge is 0.481 e. The first-order valence-electron chi connectivity index (χ1n) is 7.26. The molecule has 1 aromatic rings. The van der Waals surface area contributed by atoms with Crippen LogP contribution in [0, 0.1) is 12.8 Å². The van der Waals surface area contributed by atoms with Gasteiger partial charge in [0.1, 0.15) is 0 Å². The van der Waals surface area contributed by atoms with Gasteiger partial charge in [0, 0.05) is 26.7 Å². The van der Waals surface area contributed by atoms with Gasteiger partial charge in [-0.1, -0.05) is 24.3 Å². The third-order valence-corrected chi connectivity index (χ3v) is 4.04. The van der Waals surface area contributed by atoms with Crippen LogP contribution in [-0.4, -0.2) is 47.0 Å². The van der Waals surface area contributed by atoms with Crippen molar-refractivity contribution in [2.24, 2.45) is 5.92 Å². The third kappa shape index (κ3) is 3.74. The van der Waals surface area contributed by atoms with E-state index in [1.54, 1.807) is 16.8 Å². The van der Waals surface area contributed by atoms with Crippen molar-refractivity contribution in [1.29, 1.82) is 0 Å². The number of carbonyl (C=O) groups excluding carboxylic acids is 1. The first-order valence-corrected chi connectivity index (χ1v) is 7.26. The molecule has 0 bridgehead atoms. The van der Waals surface area contributed by atoms with E-state index in [0.717, 1.165) is 17.5 Å². The number of rotatable bonds is 3. The van der Waals surface area contributed by atoms with E-state index in [0.29, 0.717) is 26.1 Å². The number of benzene rings is 1. The number of aryl methyl sites for hydroxylation is 1. The van der Waals surface area contributed by atoms with Gasteiger partial charge in [-0.05, 0) is 30.9 Å². The zero-order valence-electron chi connectivity index (χ0n) is 12.6. The lowest BCUT2D eigenvalue weighted by atomic mass is 9.98. The summed E-state index contributed by atoms with van der Waals surface area (Å²) in [6, 6.07) is 7.87. The molecule has 1 aliphatic heterocycles. The summed E-state index contributed by atoms with van der Waals surface area (Å²) >= 11 is 0. The fourth-order valence-corrected chi connectivity index (χ4v) is 2.70. The Morgan fingerprint density at radius 3 is 2.76 bits per heavy atom. The predicted octanol–water partition coefficient (Wildman–Crippen LogP) is 2.34. The fourth-order valence-electron chi connectivity index (χ4n) is 2.70. The van der Waals surface area contributed by atoms with Gasteiger partial charge in [-0.25, -0.2) is 4.79 Å². The second-order valence-electron chi connectivity index (χ2n) is 5.69. The number of likely N-dealkylation sites (tertiary alicyclic amines) is 1. The third-order valence-electron chi connectivity index (χ3n) is 4.04. The summed E-state index contributed by atoms with van der Waals surface area (Å²) in [5.74, 6) is -1.25. The van der Waals surface area contributed by atoms with Gasteiger partial charge < -0.3 is 14.9 Å². The summed E-state index contributed by atoms with van der Waals surface area (Å²) in [6.07, 6.45) is 1.40. The van der Waals surface area contributed by atoms with Crippen molar-refractivity contribution in [3.05, 3.63) is 35.4 Å². The van der Waals surface area contributed by atoms with Crippen molar-refractivity contribution >= 4 is 12.0 Å². The Labute approximate surface area is 125 Å². The van der Waals surface area contributed by atoms with Crippen LogP contribution < -0.4 is 0 Å². The molecule has 1 saturated heterocycles. The molecule has 1 aliphatic rings. The Kier molecular flexibility index (Phi) is 4.83. The van der Waals surface area contributed by atoms with Gasteiger partial charge in [0.05, 0.1) is 5.92 Å². The van der Waals surface area contributed by atoms with Crippen LogP contribution >= 0.6 is 0 Å². The molecule has 0 saturated carbocycles. The highest BCUT2D eigenvalue weighted by Gasteiger charge is 2.29. The first-order chi connectivity index (χ1) is 9.99. The minimum Gasteiger partial charge on any atom is -0.481 e. The van der Waals surface area contributed by atoms with Crippen LogP contribution in [0.5, 0.6) is 0 Å². The van der Waals surface area contributed by atoms with E-state index in [9.17, 15) is 9.59 Å². The second kappa shape index (κ2) is 6.61. The molecule has 2 rings (SSSR count). The van der Waals surface area contributed by atoms with Crippen molar-refractivity contribution in [1.82, 2.24) is 9.80 Å². The standard InChI is InChI=1S/C16H22N2O3/c1-12-6-3-4-7-13(12)10-17(2)16(21)18-9-5-8-14(11-18)15(19)20/h3-4,6-7,14H,5,8-11H2,1-2H3,(H,19,20)/t14-/m1/s1. The Balaban J connectivity index is 1.99. The molecule has 114 valence electrons. The molecule has 0 spiro atoms. The van der Waals surface area contributed by atoms with E-state index in [1.807, 2.05) is 31.2 Å². The van der Waals surface area contributed by atoms with Crippen LogP contribution in [0.2, 0.25) is 0 Å². The monoisotopic (exact) mass is 290 g/mol. The number of hydrogen-bond acceptors (Lipinski definition) is 2. The molecular formula is C16H22N2O3. The zero-order chi connectivity index (χ0) is 15.4.